The summed E-state index contributed by atoms with van der Waals surface area (Å²) >= 11 is 10.6. The summed E-state index contributed by atoms with van der Waals surface area (Å²) < 4.78 is 29.7. The van der Waals surface area contributed by atoms with Crippen LogP contribution in [0.1, 0.15) is 4.88 Å². The average Bonchev–Trinajstić information content (AvgIpc) is 2.83. The molecule has 0 bridgehead atoms. The van der Waals surface area contributed by atoms with Gasteiger partial charge in [0.05, 0.1) is 10.2 Å². The van der Waals surface area contributed by atoms with Crippen LogP contribution in [-0.2, 0) is 6.54 Å². The van der Waals surface area contributed by atoms with E-state index in [4.69, 9.17) is 11.6 Å². The maximum absolute atomic E-state index is 12.4. The van der Waals surface area contributed by atoms with Crippen molar-refractivity contribution in [2.75, 3.05) is 5.32 Å². The normalized spacial score (nSPS) is 10.8. The van der Waals surface area contributed by atoms with Gasteiger partial charge < -0.3 is 10.1 Å². The fraction of sp³-hybridized carbons (Fsp3) is 0.167. The maximum atomic E-state index is 12.4. The lowest BCUT2D eigenvalue weighted by molar-refractivity contribution is -0.0498. The van der Waals surface area contributed by atoms with E-state index in [0.29, 0.717) is 21.7 Å². The van der Waals surface area contributed by atoms with Crippen molar-refractivity contribution in [3.8, 4) is 5.75 Å². The van der Waals surface area contributed by atoms with Gasteiger partial charge in [-0.25, -0.2) is 0 Å². The zero-order chi connectivity index (χ0) is 13.8. The lowest BCUT2D eigenvalue weighted by Crippen LogP contribution is -2.07. The highest BCUT2D eigenvalue weighted by Crippen LogP contribution is 2.37. The Morgan fingerprint density at radius 3 is 2.84 bits per heavy atom. The summed E-state index contributed by atoms with van der Waals surface area (Å²) in [7, 11) is 0. The second-order valence-electron chi connectivity index (χ2n) is 3.58. The van der Waals surface area contributed by atoms with E-state index < -0.39 is 6.61 Å². The van der Waals surface area contributed by atoms with Crippen molar-refractivity contribution >= 4 is 44.6 Å². The Bertz CT molecular complexity index is 551. The van der Waals surface area contributed by atoms with Gasteiger partial charge in [0.15, 0.2) is 5.75 Å². The number of halogens is 4. The molecule has 0 spiro atoms. The zero-order valence-electron chi connectivity index (χ0n) is 9.50. The molecule has 1 aromatic carbocycles. The molecule has 2 aromatic rings. The van der Waals surface area contributed by atoms with E-state index in [9.17, 15) is 8.78 Å². The van der Waals surface area contributed by atoms with Crippen LogP contribution in [0.25, 0.3) is 0 Å². The minimum absolute atomic E-state index is 0.0518. The van der Waals surface area contributed by atoms with Crippen LogP contribution in [0.15, 0.2) is 34.1 Å². The molecule has 2 nitrogen and oxygen atoms in total. The fourth-order valence-electron chi connectivity index (χ4n) is 1.50. The van der Waals surface area contributed by atoms with E-state index in [1.165, 1.54) is 6.07 Å². The van der Waals surface area contributed by atoms with Crippen molar-refractivity contribution < 1.29 is 13.5 Å². The predicted molar refractivity (Wildman–Crippen MR) is 77.4 cm³/mol. The minimum atomic E-state index is -2.89. The van der Waals surface area contributed by atoms with Gasteiger partial charge in [-0.05, 0) is 39.5 Å². The molecular weight excluding hydrogens is 360 g/mol. The average molecular weight is 369 g/mol. The third kappa shape index (κ3) is 4.06. The van der Waals surface area contributed by atoms with Crippen molar-refractivity contribution in [2.45, 2.75) is 13.2 Å². The number of hydrogen-bond donors (Lipinski definition) is 1. The van der Waals surface area contributed by atoms with Crippen LogP contribution < -0.4 is 10.1 Å². The molecule has 0 fully saturated rings. The molecule has 1 aromatic heterocycles. The van der Waals surface area contributed by atoms with Gasteiger partial charge in [-0.2, -0.15) is 8.78 Å². The molecule has 0 saturated carbocycles. The maximum Gasteiger partial charge on any atom is 0.387 e. The lowest BCUT2D eigenvalue weighted by atomic mass is 10.3. The highest BCUT2D eigenvalue weighted by atomic mass is 79.9. The standard InChI is InChI=1S/C12H9BrClF2NOS/c13-9-4-7(14)5-10(11(9)18-12(15)16)17-6-8-2-1-3-19-8/h1-5,12,17H,6H2. The number of thiophene rings is 1. The minimum Gasteiger partial charge on any atom is -0.431 e. The Morgan fingerprint density at radius 1 is 1.42 bits per heavy atom. The molecule has 7 heteroatoms. The summed E-state index contributed by atoms with van der Waals surface area (Å²) in [6.07, 6.45) is 0. The SMILES string of the molecule is FC(F)Oc1c(Br)cc(Cl)cc1NCc1cccs1. The first-order valence-electron chi connectivity index (χ1n) is 5.26. The van der Waals surface area contributed by atoms with Crippen LogP contribution >= 0.6 is 38.9 Å². The van der Waals surface area contributed by atoms with Gasteiger partial charge in [-0.1, -0.05) is 17.7 Å². The summed E-state index contributed by atoms with van der Waals surface area (Å²) in [4.78, 5) is 1.08. The first-order valence-corrected chi connectivity index (χ1v) is 7.31. The largest absolute Gasteiger partial charge is 0.431 e. The molecule has 0 atom stereocenters. The summed E-state index contributed by atoms with van der Waals surface area (Å²) in [5.74, 6) is 0.0518. The van der Waals surface area contributed by atoms with E-state index in [1.807, 2.05) is 17.5 Å². The van der Waals surface area contributed by atoms with E-state index in [0.717, 1.165) is 4.88 Å². The van der Waals surface area contributed by atoms with Gasteiger partial charge >= 0.3 is 6.61 Å². The van der Waals surface area contributed by atoms with Gasteiger partial charge in [-0.15, -0.1) is 11.3 Å². The zero-order valence-corrected chi connectivity index (χ0v) is 12.7. The van der Waals surface area contributed by atoms with Crippen LogP contribution in [-0.4, -0.2) is 6.61 Å². The Morgan fingerprint density at radius 2 is 2.21 bits per heavy atom. The van der Waals surface area contributed by atoms with Crippen LogP contribution in [0.4, 0.5) is 14.5 Å². The first kappa shape index (κ1) is 14.6. The summed E-state index contributed by atoms with van der Waals surface area (Å²) in [6.45, 7) is -2.37. The topological polar surface area (TPSA) is 21.3 Å². The van der Waals surface area contributed by atoms with Gasteiger partial charge in [0.2, 0.25) is 0 Å². The van der Waals surface area contributed by atoms with Crippen molar-refractivity contribution in [1.82, 2.24) is 0 Å². The van der Waals surface area contributed by atoms with Crippen molar-refractivity contribution in [1.29, 1.82) is 0 Å². The molecule has 2 rings (SSSR count). The molecule has 0 aliphatic carbocycles. The molecule has 0 unspecified atom stereocenters. The fourth-order valence-corrected chi connectivity index (χ4v) is 3.04. The van der Waals surface area contributed by atoms with Crippen LogP contribution in [0.3, 0.4) is 0 Å². The summed E-state index contributed by atoms with van der Waals surface area (Å²) in [5, 5.41) is 5.42. The van der Waals surface area contributed by atoms with Crippen LogP contribution in [0.2, 0.25) is 5.02 Å². The van der Waals surface area contributed by atoms with Crippen molar-refractivity contribution in [3.05, 3.63) is 44.0 Å². The third-order valence-electron chi connectivity index (χ3n) is 2.25. The molecule has 102 valence electrons. The van der Waals surface area contributed by atoms with Crippen molar-refractivity contribution in [2.24, 2.45) is 0 Å². The molecule has 0 amide bonds. The number of rotatable bonds is 5. The summed E-state index contributed by atoms with van der Waals surface area (Å²) in [5.41, 5.74) is 0.424. The Balaban J connectivity index is 2.21. The molecule has 0 aliphatic rings. The monoisotopic (exact) mass is 367 g/mol. The first-order chi connectivity index (χ1) is 9.06. The number of nitrogens with one attached hydrogen (secondary N) is 1. The second kappa shape index (κ2) is 6.54. The number of ether oxygens (including phenoxy) is 1. The van der Waals surface area contributed by atoms with E-state index in [-0.39, 0.29) is 5.75 Å². The lowest BCUT2D eigenvalue weighted by Gasteiger charge is -2.14. The number of alkyl halides is 2. The van der Waals surface area contributed by atoms with Crippen LogP contribution in [0.5, 0.6) is 5.75 Å². The summed E-state index contributed by atoms with van der Waals surface area (Å²) in [6, 6.07) is 6.93. The van der Waals surface area contributed by atoms with Gasteiger partial charge in [0, 0.05) is 16.4 Å². The number of benzene rings is 1. The van der Waals surface area contributed by atoms with E-state index in [1.54, 1.807) is 17.4 Å². The number of hydrogen-bond acceptors (Lipinski definition) is 3. The Hall–Kier alpha value is -0.850. The molecular formula is C12H9BrClF2NOS. The Labute approximate surface area is 126 Å². The molecule has 1 N–H and O–H groups in total. The molecule has 0 saturated heterocycles. The van der Waals surface area contributed by atoms with Gasteiger partial charge in [0.25, 0.3) is 0 Å². The van der Waals surface area contributed by atoms with E-state index >= 15 is 0 Å². The van der Waals surface area contributed by atoms with Gasteiger partial charge in [-0.3, -0.25) is 0 Å². The third-order valence-corrected chi connectivity index (χ3v) is 3.93. The number of anilines is 1. The highest BCUT2D eigenvalue weighted by Gasteiger charge is 2.14. The van der Waals surface area contributed by atoms with Gasteiger partial charge in [0.1, 0.15) is 0 Å². The smallest absolute Gasteiger partial charge is 0.387 e. The Kier molecular flexibility index (Phi) is 5.01. The molecule has 1 heterocycles. The predicted octanol–water partition coefficient (Wildman–Crippen LogP) is 5.38. The van der Waals surface area contributed by atoms with Crippen molar-refractivity contribution in [3.63, 3.8) is 0 Å². The molecule has 0 aliphatic heterocycles. The second-order valence-corrected chi connectivity index (χ2v) is 5.90. The quantitative estimate of drug-likeness (QED) is 0.765. The van der Waals surface area contributed by atoms with E-state index in [2.05, 4.69) is 26.0 Å². The molecule has 19 heavy (non-hydrogen) atoms. The van der Waals surface area contributed by atoms with Crippen LogP contribution in [0, 0.1) is 0 Å². The molecule has 0 radical (unpaired) electrons. The highest BCUT2D eigenvalue weighted by molar-refractivity contribution is 9.10.